The van der Waals surface area contributed by atoms with Crippen molar-refractivity contribution in [3.8, 4) is 17.0 Å². The maximum absolute atomic E-state index is 13.2. The standard InChI is InChI=1S/C23H30B3F2N7O2/c1-11-31-18-15(35(11)10-16(27)28)7-12(8-29-18)14-9-30-19-17(14)20(37-23(24,25)26)34-21(33-19)32-13-3-5-22(2,36)6-4-13/h7-9,13,16,36H,3-6,10,24-26H2,1-2H3,(H2,30,32,33,34)/t13-,22-. The van der Waals surface area contributed by atoms with Crippen molar-refractivity contribution in [2.45, 2.75) is 69.4 Å². The first-order chi connectivity index (χ1) is 17.4. The molecule has 3 N–H and O–H groups in total. The average Bonchev–Trinajstić information content (AvgIpc) is 3.35. The normalized spacial score (nSPS) is 20.6. The number of aliphatic hydroxyl groups is 1. The van der Waals surface area contributed by atoms with E-state index in [2.05, 4.69) is 20.3 Å². The lowest BCUT2D eigenvalue weighted by atomic mass is 9.52. The van der Waals surface area contributed by atoms with Gasteiger partial charge in [0.2, 0.25) is 11.8 Å². The molecule has 1 aliphatic carbocycles. The third-order valence-corrected chi connectivity index (χ3v) is 6.73. The van der Waals surface area contributed by atoms with Crippen LogP contribution in [0.5, 0.6) is 5.88 Å². The molecule has 4 aromatic rings. The Balaban J connectivity index is 1.56. The van der Waals surface area contributed by atoms with Gasteiger partial charge in [-0.3, -0.25) is 0 Å². The molecule has 0 bridgehead atoms. The number of hydrogen-bond acceptors (Lipinski definition) is 7. The van der Waals surface area contributed by atoms with Crippen LogP contribution in [-0.4, -0.2) is 81.5 Å². The fourth-order valence-electron chi connectivity index (χ4n) is 4.86. The Hall–Kier alpha value is -3.15. The van der Waals surface area contributed by atoms with Crippen molar-refractivity contribution < 1.29 is 18.6 Å². The molecule has 0 radical (unpaired) electrons. The SMILES string of the molecule is BC(B)(B)Oc1nc(N[C@H]2CC[C@](C)(O)CC2)nc2[nH]cc(-c3cnc4nc(C)n(CC(F)F)c4c3)c12. The van der Waals surface area contributed by atoms with E-state index >= 15 is 0 Å². The summed E-state index contributed by atoms with van der Waals surface area (Å²) in [6, 6.07) is 1.97. The predicted molar refractivity (Wildman–Crippen MR) is 147 cm³/mol. The first kappa shape index (κ1) is 25.5. The Labute approximate surface area is 216 Å². The summed E-state index contributed by atoms with van der Waals surface area (Å²) >= 11 is 0. The zero-order valence-electron chi connectivity index (χ0n) is 21.8. The van der Waals surface area contributed by atoms with E-state index in [-0.39, 0.29) is 6.04 Å². The van der Waals surface area contributed by atoms with Crippen LogP contribution in [0.2, 0.25) is 0 Å². The van der Waals surface area contributed by atoms with E-state index in [1.807, 2.05) is 36.5 Å². The van der Waals surface area contributed by atoms with E-state index in [1.165, 1.54) is 4.57 Å². The number of aryl methyl sites for hydroxylation is 1. The van der Waals surface area contributed by atoms with E-state index in [9.17, 15) is 13.9 Å². The highest BCUT2D eigenvalue weighted by Crippen LogP contribution is 2.37. The fraction of sp³-hybridized carbons (Fsp3) is 0.478. The monoisotopic (exact) mass is 507 g/mol. The summed E-state index contributed by atoms with van der Waals surface area (Å²) in [6.07, 6.45) is 4.03. The van der Waals surface area contributed by atoms with E-state index in [4.69, 9.17) is 14.7 Å². The van der Waals surface area contributed by atoms with Crippen molar-refractivity contribution in [1.29, 1.82) is 0 Å². The lowest BCUT2D eigenvalue weighted by molar-refractivity contribution is 0.0195. The van der Waals surface area contributed by atoms with Crippen LogP contribution in [0.15, 0.2) is 18.5 Å². The number of imidazole rings is 1. The summed E-state index contributed by atoms with van der Waals surface area (Å²) in [5.74, 6) is 1.35. The molecule has 1 fully saturated rings. The molecule has 0 aromatic carbocycles. The molecule has 37 heavy (non-hydrogen) atoms. The van der Waals surface area contributed by atoms with Gasteiger partial charge in [0.1, 0.15) is 35.0 Å². The second kappa shape index (κ2) is 9.31. The van der Waals surface area contributed by atoms with E-state index in [0.717, 1.165) is 18.4 Å². The molecule has 1 saturated carbocycles. The van der Waals surface area contributed by atoms with E-state index < -0.39 is 23.9 Å². The number of anilines is 1. The van der Waals surface area contributed by atoms with Gasteiger partial charge in [0.15, 0.2) is 5.65 Å². The fourth-order valence-corrected chi connectivity index (χ4v) is 4.86. The molecule has 4 heterocycles. The molecule has 9 nitrogen and oxygen atoms in total. The summed E-state index contributed by atoms with van der Waals surface area (Å²) in [5, 5.41) is 13.9. The van der Waals surface area contributed by atoms with Crippen LogP contribution >= 0.6 is 0 Å². The van der Waals surface area contributed by atoms with Crippen LogP contribution < -0.4 is 10.1 Å². The molecule has 14 heteroatoms. The van der Waals surface area contributed by atoms with Crippen LogP contribution in [0.4, 0.5) is 14.7 Å². The Morgan fingerprint density at radius 2 is 2.00 bits per heavy atom. The lowest BCUT2D eigenvalue weighted by Crippen LogP contribution is -2.38. The van der Waals surface area contributed by atoms with Gasteiger partial charge in [0, 0.05) is 34.9 Å². The number of hydrogen-bond donors (Lipinski definition) is 3. The number of H-pyrrole nitrogens is 1. The maximum Gasteiger partial charge on any atom is 0.256 e. The Bertz CT molecular complexity index is 1440. The summed E-state index contributed by atoms with van der Waals surface area (Å²) < 4.78 is 34.2. The molecule has 0 unspecified atom stereocenters. The second-order valence-electron chi connectivity index (χ2n) is 11.1. The van der Waals surface area contributed by atoms with Crippen molar-refractivity contribution in [2.24, 2.45) is 0 Å². The predicted octanol–water partition coefficient (Wildman–Crippen LogP) is 0.938. The molecular formula is C23H30B3F2N7O2. The van der Waals surface area contributed by atoms with Crippen LogP contribution in [0.1, 0.15) is 38.4 Å². The van der Waals surface area contributed by atoms with Crippen LogP contribution in [0, 0.1) is 6.92 Å². The van der Waals surface area contributed by atoms with Gasteiger partial charge >= 0.3 is 0 Å². The van der Waals surface area contributed by atoms with Gasteiger partial charge in [-0.1, -0.05) is 0 Å². The topological polar surface area (TPSA) is 114 Å². The third kappa shape index (κ3) is 5.44. The van der Waals surface area contributed by atoms with Crippen LogP contribution in [0.3, 0.4) is 0 Å². The molecular weight excluding hydrogens is 477 g/mol. The number of pyridine rings is 1. The summed E-state index contributed by atoms with van der Waals surface area (Å²) in [4.78, 5) is 21.4. The van der Waals surface area contributed by atoms with Gasteiger partial charge in [-0.25, -0.2) is 18.7 Å². The Morgan fingerprint density at radius 3 is 2.68 bits per heavy atom. The minimum Gasteiger partial charge on any atom is -0.498 e. The van der Waals surface area contributed by atoms with E-state index in [1.54, 1.807) is 19.3 Å². The van der Waals surface area contributed by atoms with Crippen molar-refractivity contribution in [1.82, 2.24) is 29.5 Å². The average molecular weight is 507 g/mol. The van der Waals surface area contributed by atoms with E-state index in [0.29, 0.717) is 58.3 Å². The number of aromatic amines is 1. The molecule has 1 aliphatic rings. The van der Waals surface area contributed by atoms with Gasteiger partial charge < -0.3 is 24.7 Å². The van der Waals surface area contributed by atoms with Crippen LogP contribution in [0.25, 0.3) is 33.3 Å². The van der Waals surface area contributed by atoms with Crippen molar-refractivity contribution in [3.05, 3.63) is 24.3 Å². The van der Waals surface area contributed by atoms with Gasteiger partial charge in [-0.2, -0.15) is 9.97 Å². The first-order valence-corrected chi connectivity index (χ1v) is 12.6. The Morgan fingerprint density at radius 1 is 1.27 bits per heavy atom. The number of fused-ring (bicyclic) bond motifs is 2. The molecule has 0 saturated heterocycles. The maximum atomic E-state index is 13.2. The molecule has 192 valence electrons. The number of halogens is 2. The first-order valence-electron chi connectivity index (χ1n) is 12.6. The highest BCUT2D eigenvalue weighted by atomic mass is 19.3. The quantitative estimate of drug-likeness (QED) is 0.320. The molecule has 0 spiro atoms. The number of ether oxygens (including phenoxy) is 1. The molecule has 5 rings (SSSR count). The minimum atomic E-state index is -2.51. The number of alkyl halides is 2. The molecule has 4 aromatic heterocycles. The van der Waals surface area contributed by atoms with Gasteiger partial charge in [0.05, 0.1) is 23.0 Å². The zero-order chi connectivity index (χ0) is 26.5. The second-order valence-corrected chi connectivity index (χ2v) is 11.1. The summed E-state index contributed by atoms with van der Waals surface area (Å²) in [7, 11) is 5.84. The summed E-state index contributed by atoms with van der Waals surface area (Å²) in [6.45, 7) is 3.12. The lowest BCUT2D eigenvalue weighted by Gasteiger charge is -2.33. The number of rotatable bonds is 7. The highest BCUT2D eigenvalue weighted by Gasteiger charge is 2.29. The number of nitrogens with zero attached hydrogens (tertiary/aromatic N) is 5. The van der Waals surface area contributed by atoms with Crippen molar-refractivity contribution >= 4 is 51.7 Å². The summed E-state index contributed by atoms with van der Waals surface area (Å²) in [5.41, 5.74) is 2.39. The smallest absolute Gasteiger partial charge is 0.256 e. The van der Waals surface area contributed by atoms with Crippen molar-refractivity contribution in [2.75, 3.05) is 5.32 Å². The molecule has 0 atom stereocenters. The molecule has 0 amide bonds. The number of aromatic nitrogens is 6. The minimum absolute atomic E-state index is 0.152. The molecule has 0 aliphatic heterocycles. The largest absolute Gasteiger partial charge is 0.498 e. The number of nitrogens with one attached hydrogen (secondary N) is 2. The van der Waals surface area contributed by atoms with Gasteiger partial charge in [-0.15, -0.1) is 0 Å². The zero-order valence-corrected chi connectivity index (χ0v) is 21.8. The van der Waals surface area contributed by atoms with Gasteiger partial charge in [0.25, 0.3) is 6.43 Å². The van der Waals surface area contributed by atoms with Crippen molar-refractivity contribution in [3.63, 3.8) is 0 Å². The van der Waals surface area contributed by atoms with Crippen LogP contribution in [-0.2, 0) is 6.54 Å². The highest BCUT2D eigenvalue weighted by molar-refractivity contribution is 6.58. The third-order valence-electron chi connectivity index (χ3n) is 6.73. The van der Waals surface area contributed by atoms with Gasteiger partial charge in [-0.05, 0) is 45.6 Å². The Kier molecular flexibility index (Phi) is 6.41.